The van der Waals surface area contributed by atoms with Crippen molar-refractivity contribution in [2.24, 2.45) is 0 Å². The van der Waals surface area contributed by atoms with Crippen LogP contribution in [0.1, 0.15) is 18.4 Å². The first-order valence-corrected chi connectivity index (χ1v) is 9.95. The average molecular weight is 374 g/mol. The molecule has 5 rings (SSSR count). The summed E-state index contributed by atoms with van der Waals surface area (Å²) in [5, 5.41) is 8.72. The van der Waals surface area contributed by atoms with Crippen molar-refractivity contribution in [3.05, 3.63) is 42.0 Å². The van der Waals surface area contributed by atoms with Crippen LogP contribution in [0.2, 0.25) is 0 Å². The number of anilines is 1. The predicted molar refractivity (Wildman–Crippen MR) is 115 cm³/mol. The standard InChI is InChI=1S/C22H26N6/c1-14-4-6-18-17(12-14)21(26-25-18)22-23-19-7-5-16(13-20(19)24-22)28(3)15-8-10-27(2)11-9-15/h4-7,12-13,15H,8-11H2,1-3H3,(H,23,24)(H,25,26). The van der Waals surface area contributed by atoms with Crippen LogP contribution in [0.4, 0.5) is 5.69 Å². The largest absolute Gasteiger partial charge is 0.371 e. The number of hydrogen-bond acceptors (Lipinski definition) is 4. The molecular weight excluding hydrogens is 348 g/mol. The van der Waals surface area contributed by atoms with Crippen molar-refractivity contribution in [2.75, 3.05) is 32.1 Å². The van der Waals surface area contributed by atoms with Crippen molar-refractivity contribution >= 4 is 27.6 Å². The van der Waals surface area contributed by atoms with Crippen LogP contribution in [0.5, 0.6) is 0 Å². The van der Waals surface area contributed by atoms with E-state index in [1.54, 1.807) is 0 Å². The normalized spacial score (nSPS) is 16.2. The first-order valence-electron chi connectivity index (χ1n) is 9.95. The molecule has 1 aliphatic heterocycles. The molecule has 0 bridgehead atoms. The lowest BCUT2D eigenvalue weighted by Gasteiger charge is -2.36. The number of benzene rings is 2. The van der Waals surface area contributed by atoms with Gasteiger partial charge in [0.1, 0.15) is 5.69 Å². The minimum Gasteiger partial charge on any atom is -0.371 e. The topological polar surface area (TPSA) is 63.8 Å². The molecule has 1 fully saturated rings. The maximum atomic E-state index is 4.79. The number of rotatable bonds is 3. The quantitative estimate of drug-likeness (QED) is 0.570. The summed E-state index contributed by atoms with van der Waals surface area (Å²) in [5.74, 6) is 0.811. The van der Waals surface area contributed by atoms with Crippen LogP contribution < -0.4 is 4.90 Å². The summed E-state index contributed by atoms with van der Waals surface area (Å²) in [4.78, 5) is 13.1. The Morgan fingerprint density at radius 1 is 1.07 bits per heavy atom. The number of aryl methyl sites for hydroxylation is 1. The Bertz CT molecular complexity index is 1130. The molecule has 1 aliphatic rings. The highest BCUT2D eigenvalue weighted by atomic mass is 15.2. The van der Waals surface area contributed by atoms with E-state index in [1.165, 1.54) is 24.1 Å². The van der Waals surface area contributed by atoms with E-state index in [2.05, 4.69) is 82.4 Å². The lowest BCUT2D eigenvalue weighted by atomic mass is 10.0. The molecule has 0 radical (unpaired) electrons. The molecule has 2 aromatic heterocycles. The lowest BCUT2D eigenvalue weighted by molar-refractivity contribution is 0.253. The molecule has 2 N–H and O–H groups in total. The smallest absolute Gasteiger partial charge is 0.159 e. The molecular formula is C22H26N6. The van der Waals surface area contributed by atoms with Crippen LogP contribution in [0.25, 0.3) is 33.5 Å². The van der Waals surface area contributed by atoms with Gasteiger partial charge in [-0.05, 0) is 70.2 Å². The SMILES string of the molecule is Cc1ccc2[nH]nc(-c3nc4ccc(N(C)C5CCN(C)CC5)cc4[nH]3)c2c1. The van der Waals surface area contributed by atoms with Crippen LogP contribution in [-0.2, 0) is 0 Å². The van der Waals surface area contributed by atoms with E-state index in [4.69, 9.17) is 4.98 Å². The Labute approximate surface area is 164 Å². The average Bonchev–Trinajstić information content (AvgIpc) is 3.30. The van der Waals surface area contributed by atoms with Gasteiger partial charge in [-0.3, -0.25) is 5.10 Å². The Kier molecular flexibility index (Phi) is 4.09. The number of imidazole rings is 1. The number of aromatic nitrogens is 4. The number of nitrogens with one attached hydrogen (secondary N) is 2. The molecule has 2 aromatic carbocycles. The molecule has 0 aliphatic carbocycles. The van der Waals surface area contributed by atoms with Gasteiger partial charge in [0.25, 0.3) is 0 Å². The molecule has 144 valence electrons. The second kappa shape index (κ2) is 6.63. The van der Waals surface area contributed by atoms with Crippen LogP contribution in [0.15, 0.2) is 36.4 Å². The van der Waals surface area contributed by atoms with Crippen molar-refractivity contribution in [3.8, 4) is 11.5 Å². The zero-order valence-corrected chi connectivity index (χ0v) is 16.7. The molecule has 6 nitrogen and oxygen atoms in total. The van der Waals surface area contributed by atoms with Crippen molar-refractivity contribution < 1.29 is 0 Å². The third-order valence-electron chi connectivity index (χ3n) is 6.05. The Morgan fingerprint density at radius 2 is 1.89 bits per heavy atom. The summed E-state index contributed by atoms with van der Waals surface area (Å²) in [6, 6.07) is 13.4. The van der Waals surface area contributed by atoms with Crippen molar-refractivity contribution in [2.45, 2.75) is 25.8 Å². The van der Waals surface area contributed by atoms with Gasteiger partial charge in [-0.25, -0.2) is 4.98 Å². The number of piperidine rings is 1. The summed E-state index contributed by atoms with van der Waals surface area (Å²) in [5.41, 5.74) is 6.38. The van der Waals surface area contributed by atoms with Crippen molar-refractivity contribution in [3.63, 3.8) is 0 Å². The third kappa shape index (κ3) is 2.94. The molecule has 0 amide bonds. The predicted octanol–water partition coefficient (Wildman–Crippen LogP) is 3.95. The van der Waals surface area contributed by atoms with E-state index < -0.39 is 0 Å². The van der Waals surface area contributed by atoms with Gasteiger partial charge in [0.2, 0.25) is 0 Å². The maximum Gasteiger partial charge on any atom is 0.159 e. The lowest BCUT2D eigenvalue weighted by Crippen LogP contribution is -2.41. The first-order chi connectivity index (χ1) is 13.6. The maximum absolute atomic E-state index is 4.79. The van der Waals surface area contributed by atoms with E-state index in [1.807, 2.05) is 0 Å². The van der Waals surface area contributed by atoms with E-state index >= 15 is 0 Å². The fourth-order valence-electron chi connectivity index (χ4n) is 4.23. The van der Waals surface area contributed by atoms with E-state index in [0.29, 0.717) is 6.04 Å². The number of H-pyrrole nitrogens is 2. The summed E-state index contributed by atoms with van der Waals surface area (Å²) in [6.07, 6.45) is 2.41. The Morgan fingerprint density at radius 3 is 2.71 bits per heavy atom. The fourth-order valence-corrected chi connectivity index (χ4v) is 4.23. The second-order valence-electron chi connectivity index (χ2n) is 8.05. The van der Waals surface area contributed by atoms with Crippen LogP contribution in [-0.4, -0.2) is 58.3 Å². The van der Waals surface area contributed by atoms with Crippen LogP contribution >= 0.6 is 0 Å². The molecule has 0 saturated carbocycles. The number of likely N-dealkylation sites (tertiary alicyclic amines) is 1. The molecule has 3 heterocycles. The Hall–Kier alpha value is -2.86. The third-order valence-corrected chi connectivity index (χ3v) is 6.05. The summed E-state index contributed by atoms with van der Waals surface area (Å²) in [6.45, 7) is 4.42. The zero-order valence-electron chi connectivity index (χ0n) is 16.7. The molecule has 1 saturated heterocycles. The number of nitrogens with zero attached hydrogens (tertiary/aromatic N) is 4. The van der Waals surface area contributed by atoms with Crippen molar-refractivity contribution in [1.29, 1.82) is 0 Å². The van der Waals surface area contributed by atoms with E-state index in [0.717, 1.165) is 46.5 Å². The second-order valence-corrected chi connectivity index (χ2v) is 8.05. The molecule has 4 aromatic rings. The Balaban J connectivity index is 1.49. The fraction of sp³-hybridized carbons (Fsp3) is 0.364. The number of fused-ring (bicyclic) bond motifs is 2. The first kappa shape index (κ1) is 17.3. The van der Waals surface area contributed by atoms with Crippen LogP contribution in [0, 0.1) is 6.92 Å². The summed E-state index contributed by atoms with van der Waals surface area (Å²) < 4.78 is 0. The van der Waals surface area contributed by atoms with E-state index in [-0.39, 0.29) is 0 Å². The highest BCUT2D eigenvalue weighted by Gasteiger charge is 2.21. The van der Waals surface area contributed by atoms with Gasteiger partial charge in [0, 0.05) is 24.2 Å². The summed E-state index contributed by atoms with van der Waals surface area (Å²) in [7, 11) is 4.41. The van der Waals surface area contributed by atoms with Gasteiger partial charge >= 0.3 is 0 Å². The highest BCUT2D eigenvalue weighted by Crippen LogP contribution is 2.29. The molecule has 0 unspecified atom stereocenters. The summed E-state index contributed by atoms with van der Waals surface area (Å²) >= 11 is 0. The van der Waals surface area contributed by atoms with E-state index in [9.17, 15) is 0 Å². The monoisotopic (exact) mass is 374 g/mol. The molecule has 28 heavy (non-hydrogen) atoms. The van der Waals surface area contributed by atoms with Gasteiger partial charge < -0.3 is 14.8 Å². The van der Waals surface area contributed by atoms with Gasteiger partial charge in [-0.2, -0.15) is 5.10 Å². The minimum atomic E-state index is 0.592. The van der Waals surface area contributed by atoms with Gasteiger partial charge in [-0.1, -0.05) is 11.6 Å². The van der Waals surface area contributed by atoms with Gasteiger partial charge in [0.05, 0.1) is 16.6 Å². The zero-order chi connectivity index (χ0) is 19.3. The minimum absolute atomic E-state index is 0.592. The number of aromatic amines is 2. The molecule has 0 spiro atoms. The van der Waals surface area contributed by atoms with Crippen molar-refractivity contribution in [1.82, 2.24) is 25.1 Å². The highest BCUT2D eigenvalue weighted by molar-refractivity contribution is 5.93. The molecule has 6 heteroatoms. The van der Waals surface area contributed by atoms with Gasteiger partial charge in [0.15, 0.2) is 5.82 Å². The number of hydrogen-bond donors (Lipinski definition) is 2. The van der Waals surface area contributed by atoms with Crippen LogP contribution in [0.3, 0.4) is 0 Å². The van der Waals surface area contributed by atoms with Gasteiger partial charge in [-0.15, -0.1) is 0 Å². The molecule has 0 atom stereocenters.